The fraction of sp³-hybridized carbons (Fsp3) is 0.526. The van der Waals surface area contributed by atoms with Crippen molar-refractivity contribution in [3.8, 4) is 0 Å². The van der Waals surface area contributed by atoms with Gasteiger partial charge in [0.15, 0.2) is 5.82 Å². The van der Waals surface area contributed by atoms with E-state index in [2.05, 4.69) is 21.9 Å². The number of carbonyl (C=O) groups excluding carboxylic acids is 2. The summed E-state index contributed by atoms with van der Waals surface area (Å²) in [5, 5.41) is 10.8. The van der Waals surface area contributed by atoms with Gasteiger partial charge < -0.3 is 14.3 Å². The average molecular weight is 388 g/mol. The van der Waals surface area contributed by atoms with Crippen LogP contribution in [0.1, 0.15) is 37.3 Å². The Morgan fingerprint density at radius 1 is 1.44 bits per heavy atom. The number of nitrogens with one attached hydrogen (secondary N) is 1. The lowest BCUT2D eigenvalue weighted by Gasteiger charge is -2.34. The van der Waals surface area contributed by atoms with Crippen LogP contribution < -0.4 is 5.32 Å². The molecule has 0 bridgehead atoms. The van der Waals surface area contributed by atoms with Gasteiger partial charge in [-0.05, 0) is 54.0 Å². The summed E-state index contributed by atoms with van der Waals surface area (Å²) in [6, 6.07) is 2.23. The molecule has 1 atom stereocenters. The van der Waals surface area contributed by atoms with Gasteiger partial charge in [0.25, 0.3) is 0 Å². The number of urea groups is 1. The van der Waals surface area contributed by atoms with Crippen molar-refractivity contribution in [1.82, 2.24) is 15.0 Å². The molecule has 1 N–H and O–H groups in total. The third-order valence-electron chi connectivity index (χ3n) is 5.88. The summed E-state index contributed by atoms with van der Waals surface area (Å²) >= 11 is 1.66. The Labute approximate surface area is 162 Å². The maximum Gasteiger partial charge on any atom is 0.323 e. The third kappa shape index (κ3) is 3.58. The molecule has 1 aliphatic heterocycles. The van der Waals surface area contributed by atoms with Crippen LogP contribution in [0.15, 0.2) is 27.6 Å². The first-order chi connectivity index (χ1) is 13.0. The maximum atomic E-state index is 12.5. The molecular formula is C19H24N4O3S. The molecule has 2 aromatic rings. The quantitative estimate of drug-likeness (QED) is 0.870. The molecule has 2 aliphatic rings. The minimum atomic E-state index is -0.138. The molecule has 0 radical (unpaired) electrons. The smallest absolute Gasteiger partial charge is 0.323 e. The molecule has 2 fully saturated rings. The number of nitrogens with zero attached hydrogens (tertiary/aromatic N) is 3. The monoisotopic (exact) mass is 388 g/mol. The summed E-state index contributed by atoms with van der Waals surface area (Å²) in [5.74, 6) is 0.604. The SMILES string of the molecule is CC(=O)N(Cc1ccsc1)[C@@H]1CC12CCN(C(=O)Nc1nocc1C)CC2. The van der Waals surface area contributed by atoms with Crippen molar-refractivity contribution in [3.63, 3.8) is 0 Å². The summed E-state index contributed by atoms with van der Waals surface area (Å²) in [4.78, 5) is 28.5. The first-order valence-corrected chi connectivity index (χ1v) is 10.2. The van der Waals surface area contributed by atoms with Crippen LogP contribution in [0.4, 0.5) is 10.6 Å². The third-order valence-corrected chi connectivity index (χ3v) is 6.61. The number of rotatable bonds is 4. The average Bonchev–Trinajstić information content (AvgIpc) is 3.00. The summed E-state index contributed by atoms with van der Waals surface area (Å²) in [6.45, 7) is 5.57. The molecule has 2 aromatic heterocycles. The van der Waals surface area contributed by atoms with Crippen LogP contribution in [0.3, 0.4) is 0 Å². The van der Waals surface area contributed by atoms with Crippen molar-refractivity contribution in [1.29, 1.82) is 0 Å². The fourth-order valence-electron chi connectivity index (χ4n) is 4.07. The summed E-state index contributed by atoms with van der Waals surface area (Å²) < 4.78 is 4.86. The van der Waals surface area contributed by atoms with E-state index in [1.807, 2.05) is 22.1 Å². The molecule has 4 rings (SSSR count). The largest absolute Gasteiger partial charge is 0.362 e. The van der Waals surface area contributed by atoms with Crippen molar-refractivity contribution >= 4 is 29.1 Å². The number of hydrogen-bond acceptors (Lipinski definition) is 5. The second kappa shape index (κ2) is 6.99. The molecule has 3 heterocycles. The number of thiophene rings is 1. The zero-order valence-electron chi connectivity index (χ0n) is 15.6. The Morgan fingerprint density at radius 3 is 2.81 bits per heavy atom. The highest BCUT2D eigenvalue weighted by molar-refractivity contribution is 7.07. The molecule has 1 saturated carbocycles. The van der Waals surface area contributed by atoms with Gasteiger partial charge in [0.05, 0.1) is 0 Å². The molecule has 1 saturated heterocycles. The lowest BCUT2D eigenvalue weighted by molar-refractivity contribution is -0.130. The van der Waals surface area contributed by atoms with Gasteiger partial charge in [0, 0.05) is 38.2 Å². The van der Waals surface area contributed by atoms with E-state index >= 15 is 0 Å². The van der Waals surface area contributed by atoms with Crippen molar-refractivity contribution in [2.75, 3.05) is 18.4 Å². The van der Waals surface area contributed by atoms with Crippen molar-refractivity contribution < 1.29 is 14.1 Å². The Balaban J connectivity index is 1.34. The standard InChI is InChI=1S/C19H24N4O3S/c1-13-11-26-21-17(13)20-18(25)22-6-4-19(5-7-22)9-16(19)23(14(2)24)10-15-3-8-27-12-15/h3,8,11-12,16H,4-7,9-10H2,1-2H3,(H,20,21,25)/t16-/m1/s1. The topological polar surface area (TPSA) is 78.7 Å². The Kier molecular flexibility index (Phi) is 4.67. The first kappa shape index (κ1) is 18.0. The van der Waals surface area contributed by atoms with E-state index in [0.717, 1.165) is 24.8 Å². The first-order valence-electron chi connectivity index (χ1n) is 9.24. The highest BCUT2D eigenvalue weighted by Crippen LogP contribution is 2.57. The van der Waals surface area contributed by atoms with Gasteiger partial charge >= 0.3 is 6.03 Å². The molecule has 1 aliphatic carbocycles. The molecule has 7 nitrogen and oxygen atoms in total. The van der Waals surface area contributed by atoms with Gasteiger partial charge in [-0.3, -0.25) is 10.1 Å². The van der Waals surface area contributed by atoms with E-state index in [9.17, 15) is 9.59 Å². The van der Waals surface area contributed by atoms with Crippen molar-refractivity contribution in [2.45, 2.75) is 45.7 Å². The highest BCUT2D eigenvalue weighted by atomic mass is 32.1. The van der Waals surface area contributed by atoms with E-state index < -0.39 is 0 Å². The molecule has 3 amide bonds. The van der Waals surface area contributed by atoms with Gasteiger partial charge in [-0.2, -0.15) is 11.3 Å². The van der Waals surface area contributed by atoms with Crippen LogP contribution >= 0.6 is 11.3 Å². The number of aromatic nitrogens is 1. The minimum Gasteiger partial charge on any atom is -0.362 e. The molecule has 0 unspecified atom stereocenters. The van der Waals surface area contributed by atoms with Crippen LogP contribution in [0.5, 0.6) is 0 Å². The van der Waals surface area contributed by atoms with E-state index in [0.29, 0.717) is 25.5 Å². The number of piperidine rings is 1. The predicted octanol–water partition coefficient (Wildman–Crippen LogP) is 3.48. The van der Waals surface area contributed by atoms with Gasteiger partial charge in [-0.1, -0.05) is 5.16 Å². The maximum absolute atomic E-state index is 12.5. The molecule has 0 aromatic carbocycles. The molecule has 144 valence electrons. The van der Waals surface area contributed by atoms with Gasteiger partial charge in [-0.25, -0.2) is 4.79 Å². The van der Waals surface area contributed by atoms with E-state index in [-0.39, 0.29) is 23.4 Å². The lowest BCUT2D eigenvalue weighted by atomic mass is 9.92. The summed E-state index contributed by atoms with van der Waals surface area (Å²) in [6.07, 6.45) is 4.40. The molecule has 1 spiro atoms. The van der Waals surface area contributed by atoms with E-state index in [4.69, 9.17) is 4.52 Å². The Morgan fingerprint density at radius 2 is 2.22 bits per heavy atom. The minimum absolute atomic E-state index is 0.129. The zero-order chi connectivity index (χ0) is 19.0. The van der Waals surface area contributed by atoms with Gasteiger partial charge in [-0.15, -0.1) is 0 Å². The molecule has 8 heteroatoms. The lowest BCUT2D eigenvalue weighted by Crippen LogP contribution is -2.44. The van der Waals surface area contributed by atoms with Crippen LogP contribution in [0, 0.1) is 12.3 Å². The Hall–Kier alpha value is -2.35. The predicted molar refractivity (Wildman–Crippen MR) is 102 cm³/mol. The number of carbonyl (C=O) groups is 2. The second-order valence-electron chi connectivity index (χ2n) is 7.62. The number of aryl methyl sites for hydroxylation is 1. The van der Waals surface area contributed by atoms with Crippen LogP contribution in [0.2, 0.25) is 0 Å². The summed E-state index contributed by atoms with van der Waals surface area (Å²) in [5.41, 5.74) is 2.17. The number of hydrogen-bond donors (Lipinski definition) is 1. The van der Waals surface area contributed by atoms with Crippen LogP contribution in [-0.2, 0) is 11.3 Å². The number of likely N-dealkylation sites (tertiary alicyclic amines) is 1. The Bertz CT molecular complexity index is 824. The normalized spacial score (nSPS) is 20.5. The van der Waals surface area contributed by atoms with Crippen molar-refractivity contribution in [2.24, 2.45) is 5.41 Å². The highest BCUT2D eigenvalue weighted by Gasteiger charge is 2.58. The second-order valence-corrected chi connectivity index (χ2v) is 8.40. The fourth-order valence-corrected chi connectivity index (χ4v) is 4.73. The molecular weight excluding hydrogens is 364 g/mol. The van der Waals surface area contributed by atoms with Crippen LogP contribution in [-0.4, -0.2) is 46.0 Å². The molecule has 27 heavy (non-hydrogen) atoms. The summed E-state index contributed by atoms with van der Waals surface area (Å²) in [7, 11) is 0. The van der Waals surface area contributed by atoms with Gasteiger partial charge in [0.2, 0.25) is 5.91 Å². The number of anilines is 1. The van der Waals surface area contributed by atoms with E-state index in [1.54, 1.807) is 18.3 Å². The van der Waals surface area contributed by atoms with Gasteiger partial charge in [0.1, 0.15) is 6.26 Å². The zero-order valence-corrected chi connectivity index (χ0v) is 16.4. The van der Waals surface area contributed by atoms with Crippen LogP contribution in [0.25, 0.3) is 0 Å². The van der Waals surface area contributed by atoms with Crippen molar-refractivity contribution in [3.05, 3.63) is 34.2 Å². The number of amides is 3. The van der Waals surface area contributed by atoms with E-state index in [1.165, 1.54) is 11.8 Å².